The Morgan fingerprint density at radius 2 is 2.00 bits per heavy atom. The molecule has 1 aromatic rings. The van der Waals surface area contributed by atoms with Crippen molar-refractivity contribution in [2.24, 2.45) is 5.92 Å². The lowest BCUT2D eigenvalue weighted by Crippen LogP contribution is -2.29. The third-order valence-corrected chi connectivity index (χ3v) is 3.59. The van der Waals surface area contributed by atoms with E-state index in [9.17, 15) is 0 Å². The van der Waals surface area contributed by atoms with Gasteiger partial charge in [0.1, 0.15) is 0 Å². The van der Waals surface area contributed by atoms with E-state index in [4.69, 9.17) is 0 Å². The zero-order valence-corrected chi connectivity index (χ0v) is 9.79. The largest absolute Gasteiger partial charge is 0.313 e. The molecule has 15 heavy (non-hydrogen) atoms. The summed E-state index contributed by atoms with van der Waals surface area (Å²) in [6, 6.07) is 9.67. The molecule has 82 valence electrons. The first-order valence-electron chi connectivity index (χ1n) is 6.08. The highest BCUT2D eigenvalue weighted by Crippen LogP contribution is 2.22. The summed E-state index contributed by atoms with van der Waals surface area (Å²) >= 11 is 0. The van der Waals surface area contributed by atoms with Gasteiger partial charge in [-0.05, 0) is 37.8 Å². The van der Waals surface area contributed by atoms with Crippen LogP contribution in [0.25, 0.3) is 0 Å². The van der Waals surface area contributed by atoms with E-state index < -0.39 is 0 Å². The van der Waals surface area contributed by atoms with E-state index in [-0.39, 0.29) is 0 Å². The van der Waals surface area contributed by atoms with Crippen LogP contribution < -0.4 is 5.32 Å². The lowest BCUT2D eigenvalue weighted by molar-refractivity contribution is 0.433. The lowest BCUT2D eigenvalue weighted by atomic mass is 9.92. The Bertz CT molecular complexity index is 302. The maximum atomic E-state index is 3.62. The molecule has 0 unspecified atom stereocenters. The van der Waals surface area contributed by atoms with Crippen LogP contribution in [0.2, 0.25) is 0 Å². The van der Waals surface area contributed by atoms with Crippen molar-refractivity contribution in [3.63, 3.8) is 0 Å². The van der Waals surface area contributed by atoms with Crippen LogP contribution >= 0.6 is 0 Å². The van der Waals surface area contributed by atoms with Gasteiger partial charge in [0.05, 0.1) is 0 Å². The molecule has 0 saturated carbocycles. The fraction of sp³-hybridized carbons (Fsp3) is 0.571. The topological polar surface area (TPSA) is 12.0 Å². The van der Waals surface area contributed by atoms with Crippen molar-refractivity contribution in [3.8, 4) is 0 Å². The fourth-order valence-corrected chi connectivity index (χ4v) is 2.53. The quantitative estimate of drug-likeness (QED) is 0.796. The Hall–Kier alpha value is -0.820. The van der Waals surface area contributed by atoms with E-state index in [0.29, 0.717) is 6.04 Å². The van der Waals surface area contributed by atoms with Gasteiger partial charge in [0.15, 0.2) is 0 Å². The number of hydrogen-bond donors (Lipinski definition) is 1. The van der Waals surface area contributed by atoms with Crippen molar-refractivity contribution in [1.82, 2.24) is 5.32 Å². The summed E-state index contributed by atoms with van der Waals surface area (Å²) in [4.78, 5) is 0. The van der Waals surface area contributed by atoms with Crippen LogP contribution in [0.1, 0.15) is 30.9 Å². The summed E-state index contributed by atoms with van der Waals surface area (Å²) in [5.41, 5.74) is 2.82. The van der Waals surface area contributed by atoms with Crippen LogP contribution in [0, 0.1) is 12.8 Å². The molecule has 1 fully saturated rings. The third kappa shape index (κ3) is 2.60. The Morgan fingerprint density at radius 1 is 1.27 bits per heavy atom. The lowest BCUT2D eigenvalue weighted by Gasteiger charge is -2.18. The number of benzene rings is 1. The van der Waals surface area contributed by atoms with Gasteiger partial charge in [-0.1, -0.05) is 43.2 Å². The standard InChI is InChI=1S/C14H21N/c1-3-13-8-9-15-14(13)10-12-6-4-11(2)5-7-12/h4-7,13-15H,3,8-10H2,1-2H3/t13-,14-/m1/s1. The summed E-state index contributed by atoms with van der Waals surface area (Å²) in [5, 5.41) is 3.62. The smallest absolute Gasteiger partial charge is 0.0136 e. The first-order chi connectivity index (χ1) is 7.29. The molecule has 2 rings (SSSR count). The maximum absolute atomic E-state index is 3.62. The molecule has 1 aromatic carbocycles. The summed E-state index contributed by atoms with van der Waals surface area (Å²) in [6.45, 7) is 5.65. The van der Waals surface area contributed by atoms with Crippen molar-refractivity contribution in [2.45, 2.75) is 39.2 Å². The average molecular weight is 203 g/mol. The molecule has 0 radical (unpaired) electrons. The molecular formula is C14H21N. The van der Waals surface area contributed by atoms with Crippen molar-refractivity contribution in [2.75, 3.05) is 6.54 Å². The minimum atomic E-state index is 0.706. The molecule has 1 nitrogen and oxygen atoms in total. The van der Waals surface area contributed by atoms with Crippen LogP contribution in [0.15, 0.2) is 24.3 Å². The Labute approximate surface area is 92.9 Å². The van der Waals surface area contributed by atoms with Crippen molar-refractivity contribution < 1.29 is 0 Å². The van der Waals surface area contributed by atoms with Crippen molar-refractivity contribution in [1.29, 1.82) is 0 Å². The van der Waals surface area contributed by atoms with Crippen molar-refractivity contribution >= 4 is 0 Å². The molecule has 1 N–H and O–H groups in total. The summed E-state index contributed by atoms with van der Waals surface area (Å²) in [6.07, 6.45) is 3.86. The second-order valence-corrected chi connectivity index (χ2v) is 4.71. The third-order valence-electron chi connectivity index (χ3n) is 3.59. The summed E-state index contributed by atoms with van der Waals surface area (Å²) in [5.74, 6) is 0.881. The number of aryl methyl sites for hydroxylation is 1. The Balaban J connectivity index is 1.99. The molecule has 0 bridgehead atoms. The monoisotopic (exact) mass is 203 g/mol. The van der Waals surface area contributed by atoms with Crippen LogP contribution in [0.3, 0.4) is 0 Å². The number of nitrogens with one attached hydrogen (secondary N) is 1. The van der Waals surface area contributed by atoms with Gasteiger partial charge < -0.3 is 5.32 Å². The predicted octanol–water partition coefficient (Wildman–Crippen LogP) is 2.93. The first kappa shape index (κ1) is 10.7. The van der Waals surface area contributed by atoms with Crippen LogP contribution in [0.5, 0.6) is 0 Å². The average Bonchev–Trinajstić information content (AvgIpc) is 2.69. The molecule has 0 aliphatic carbocycles. The summed E-state index contributed by atoms with van der Waals surface area (Å²) in [7, 11) is 0. The van der Waals surface area contributed by atoms with Crippen LogP contribution in [-0.2, 0) is 6.42 Å². The number of hydrogen-bond acceptors (Lipinski definition) is 1. The molecule has 1 aliphatic heterocycles. The number of rotatable bonds is 3. The van der Waals surface area contributed by atoms with Crippen LogP contribution in [0.4, 0.5) is 0 Å². The van der Waals surface area contributed by atoms with Gasteiger partial charge in [0, 0.05) is 6.04 Å². The highest BCUT2D eigenvalue weighted by atomic mass is 14.9. The van der Waals surface area contributed by atoms with Gasteiger partial charge in [-0.3, -0.25) is 0 Å². The highest BCUT2D eigenvalue weighted by Gasteiger charge is 2.24. The summed E-state index contributed by atoms with van der Waals surface area (Å²) < 4.78 is 0. The minimum Gasteiger partial charge on any atom is -0.313 e. The van der Waals surface area contributed by atoms with E-state index in [0.717, 1.165) is 5.92 Å². The van der Waals surface area contributed by atoms with E-state index in [1.807, 2.05) is 0 Å². The van der Waals surface area contributed by atoms with E-state index in [1.165, 1.54) is 36.9 Å². The second-order valence-electron chi connectivity index (χ2n) is 4.71. The first-order valence-corrected chi connectivity index (χ1v) is 6.08. The fourth-order valence-electron chi connectivity index (χ4n) is 2.53. The maximum Gasteiger partial charge on any atom is 0.0136 e. The molecule has 1 heterocycles. The van der Waals surface area contributed by atoms with Gasteiger partial charge in [0.2, 0.25) is 0 Å². The normalized spacial score (nSPS) is 25.7. The predicted molar refractivity (Wildman–Crippen MR) is 65.1 cm³/mol. The Kier molecular flexibility index (Phi) is 3.42. The molecule has 1 saturated heterocycles. The Morgan fingerprint density at radius 3 is 2.67 bits per heavy atom. The van der Waals surface area contributed by atoms with Gasteiger partial charge in [0.25, 0.3) is 0 Å². The van der Waals surface area contributed by atoms with E-state index >= 15 is 0 Å². The second kappa shape index (κ2) is 4.80. The highest BCUT2D eigenvalue weighted by molar-refractivity contribution is 5.22. The van der Waals surface area contributed by atoms with Gasteiger partial charge in [-0.15, -0.1) is 0 Å². The minimum absolute atomic E-state index is 0.706. The van der Waals surface area contributed by atoms with Crippen molar-refractivity contribution in [3.05, 3.63) is 35.4 Å². The zero-order valence-electron chi connectivity index (χ0n) is 9.79. The molecule has 1 aliphatic rings. The molecule has 0 aromatic heterocycles. The molecule has 0 spiro atoms. The van der Waals surface area contributed by atoms with E-state index in [1.54, 1.807) is 0 Å². The molecular weight excluding hydrogens is 182 g/mol. The van der Waals surface area contributed by atoms with Gasteiger partial charge in [-0.25, -0.2) is 0 Å². The van der Waals surface area contributed by atoms with Crippen LogP contribution in [-0.4, -0.2) is 12.6 Å². The molecule has 1 heteroatoms. The van der Waals surface area contributed by atoms with Gasteiger partial charge >= 0.3 is 0 Å². The van der Waals surface area contributed by atoms with E-state index in [2.05, 4.69) is 43.4 Å². The molecule has 2 atom stereocenters. The SMILES string of the molecule is CC[C@@H]1CCN[C@@H]1Cc1ccc(C)cc1. The zero-order chi connectivity index (χ0) is 10.7. The van der Waals surface area contributed by atoms with Gasteiger partial charge in [-0.2, -0.15) is 0 Å². The molecule has 0 amide bonds.